The first-order valence-corrected chi connectivity index (χ1v) is 12.2. The summed E-state index contributed by atoms with van der Waals surface area (Å²) in [6.07, 6.45) is 2.57. The van der Waals surface area contributed by atoms with Crippen molar-refractivity contribution in [1.29, 1.82) is 5.26 Å². The van der Waals surface area contributed by atoms with Crippen LogP contribution in [0.2, 0.25) is 0 Å². The van der Waals surface area contributed by atoms with Crippen LogP contribution in [0.3, 0.4) is 0 Å². The lowest BCUT2D eigenvalue weighted by molar-refractivity contribution is 0.122. The molecule has 2 aliphatic rings. The molecule has 1 N–H and O–H groups in total. The predicted molar refractivity (Wildman–Crippen MR) is 137 cm³/mol. The van der Waals surface area contributed by atoms with Crippen LogP contribution in [0.4, 0.5) is 5.69 Å². The van der Waals surface area contributed by atoms with E-state index in [-0.39, 0.29) is 6.10 Å². The quantitative estimate of drug-likeness (QED) is 0.462. The van der Waals surface area contributed by atoms with Gasteiger partial charge < -0.3 is 24.3 Å². The van der Waals surface area contributed by atoms with E-state index < -0.39 is 0 Å². The van der Waals surface area contributed by atoms with Gasteiger partial charge in [-0.2, -0.15) is 5.26 Å². The Hall–Kier alpha value is -4.00. The molecule has 0 bridgehead atoms. The molecule has 0 amide bonds. The van der Waals surface area contributed by atoms with Crippen LogP contribution < -0.4 is 9.64 Å². The molecule has 6 rings (SSSR count). The lowest BCUT2D eigenvalue weighted by Crippen LogP contribution is -2.36. The number of aromatic nitrogens is 4. The summed E-state index contributed by atoms with van der Waals surface area (Å²) in [5, 5.41) is 9.79. The molecule has 4 aromatic rings. The molecule has 2 saturated heterocycles. The molecule has 2 aliphatic heterocycles. The number of anilines is 1. The normalized spacial score (nSPS) is 18.4. The van der Waals surface area contributed by atoms with E-state index in [1.165, 1.54) is 12.0 Å². The van der Waals surface area contributed by atoms with Crippen molar-refractivity contribution in [3.8, 4) is 34.5 Å². The minimum Gasteiger partial charge on any atom is -0.488 e. The molecule has 1 unspecified atom stereocenters. The van der Waals surface area contributed by atoms with Crippen LogP contribution in [0.1, 0.15) is 12.0 Å². The summed E-state index contributed by atoms with van der Waals surface area (Å²) in [6.45, 7) is 5.17. The van der Waals surface area contributed by atoms with Crippen LogP contribution in [0.5, 0.6) is 5.75 Å². The third-order valence-corrected chi connectivity index (χ3v) is 6.82. The SMILES string of the molecule is CN1CCC(Oc2ccc(-c3ncnc4nc(-c5ccc(N6CCOCC6)cc5)[nH]c34)cc2C#N)C1. The van der Waals surface area contributed by atoms with Crippen molar-refractivity contribution in [3.05, 3.63) is 54.4 Å². The number of nitriles is 1. The van der Waals surface area contributed by atoms with Gasteiger partial charge in [0, 0.05) is 43.0 Å². The lowest BCUT2D eigenvalue weighted by Gasteiger charge is -2.28. The fraction of sp³-hybridized carbons (Fsp3) is 0.333. The number of nitrogens with zero attached hydrogens (tertiary/aromatic N) is 6. The fourth-order valence-electron chi connectivity index (χ4n) is 4.87. The maximum absolute atomic E-state index is 9.79. The van der Waals surface area contributed by atoms with E-state index in [0.717, 1.165) is 68.3 Å². The number of likely N-dealkylation sites (tertiary alicyclic amines) is 1. The van der Waals surface area contributed by atoms with E-state index in [1.54, 1.807) is 0 Å². The molecule has 0 aliphatic carbocycles. The van der Waals surface area contributed by atoms with E-state index >= 15 is 0 Å². The Bertz CT molecular complexity index is 1420. The van der Waals surface area contributed by atoms with Crippen LogP contribution in [-0.4, -0.2) is 77.4 Å². The highest BCUT2D eigenvalue weighted by atomic mass is 16.5. The fourth-order valence-corrected chi connectivity index (χ4v) is 4.87. The van der Waals surface area contributed by atoms with Gasteiger partial charge in [-0.15, -0.1) is 0 Å². The number of H-pyrrole nitrogens is 1. The summed E-state index contributed by atoms with van der Waals surface area (Å²) in [5.41, 5.74) is 5.47. The Kier molecular flexibility index (Phi) is 5.97. The van der Waals surface area contributed by atoms with Crippen LogP contribution in [0, 0.1) is 11.3 Å². The smallest absolute Gasteiger partial charge is 0.181 e. The molecule has 1 atom stereocenters. The van der Waals surface area contributed by atoms with Gasteiger partial charge >= 0.3 is 0 Å². The van der Waals surface area contributed by atoms with Crippen LogP contribution in [0.25, 0.3) is 33.8 Å². The lowest BCUT2D eigenvalue weighted by atomic mass is 10.1. The van der Waals surface area contributed by atoms with Crippen molar-refractivity contribution in [2.45, 2.75) is 12.5 Å². The van der Waals surface area contributed by atoms with Gasteiger partial charge in [0.25, 0.3) is 0 Å². The number of hydrogen-bond donors (Lipinski definition) is 1. The Balaban J connectivity index is 1.29. The molecular weight excluding hydrogens is 454 g/mol. The van der Waals surface area contributed by atoms with Gasteiger partial charge in [-0.05, 0) is 55.9 Å². The highest BCUT2D eigenvalue weighted by molar-refractivity contribution is 5.89. The number of aromatic amines is 1. The molecule has 9 heteroatoms. The number of ether oxygens (including phenoxy) is 2. The number of likely N-dealkylation sites (N-methyl/N-ethyl adjacent to an activating group) is 1. The highest BCUT2D eigenvalue weighted by Crippen LogP contribution is 2.31. The standard InChI is InChI=1S/C27H27N7O2/c1-33-9-8-22(16-33)36-23-7-4-19(14-20(23)15-28)24-25-27(30-17-29-24)32-26(31-25)18-2-5-21(6-3-18)34-10-12-35-13-11-34/h2-7,14,17,22H,8-13,16H2,1H3,(H,29,30,31,32). The Morgan fingerprint density at radius 1 is 1.06 bits per heavy atom. The van der Waals surface area contributed by atoms with Crippen LogP contribution in [0.15, 0.2) is 48.8 Å². The highest BCUT2D eigenvalue weighted by Gasteiger charge is 2.22. The molecule has 2 aromatic heterocycles. The summed E-state index contributed by atoms with van der Waals surface area (Å²) in [5.74, 6) is 1.34. The number of nitrogens with one attached hydrogen (secondary N) is 1. The van der Waals surface area contributed by atoms with Gasteiger partial charge in [-0.1, -0.05) is 0 Å². The molecule has 182 valence electrons. The second-order valence-corrected chi connectivity index (χ2v) is 9.27. The Morgan fingerprint density at radius 3 is 2.61 bits per heavy atom. The van der Waals surface area contributed by atoms with Crippen molar-refractivity contribution < 1.29 is 9.47 Å². The van der Waals surface area contributed by atoms with Crippen molar-refractivity contribution in [3.63, 3.8) is 0 Å². The topological polar surface area (TPSA) is 103 Å². The van der Waals surface area contributed by atoms with Crippen molar-refractivity contribution in [2.75, 3.05) is 51.3 Å². The molecule has 9 nitrogen and oxygen atoms in total. The maximum Gasteiger partial charge on any atom is 0.181 e. The zero-order valence-electron chi connectivity index (χ0n) is 20.1. The molecule has 4 heterocycles. The van der Waals surface area contributed by atoms with E-state index in [2.05, 4.69) is 62.1 Å². The second kappa shape index (κ2) is 9.57. The van der Waals surface area contributed by atoms with Gasteiger partial charge in [0.15, 0.2) is 5.65 Å². The summed E-state index contributed by atoms with van der Waals surface area (Å²) in [6, 6.07) is 16.3. The summed E-state index contributed by atoms with van der Waals surface area (Å²) in [4.78, 5) is 21.6. The van der Waals surface area contributed by atoms with E-state index in [4.69, 9.17) is 14.5 Å². The number of imidazole rings is 1. The van der Waals surface area contributed by atoms with Gasteiger partial charge in [-0.25, -0.2) is 15.0 Å². The summed E-state index contributed by atoms with van der Waals surface area (Å²) in [7, 11) is 2.08. The summed E-state index contributed by atoms with van der Waals surface area (Å²) >= 11 is 0. The third kappa shape index (κ3) is 4.37. The van der Waals surface area contributed by atoms with E-state index in [9.17, 15) is 5.26 Å². The van der Waals surface area contributed by atoms with Crippen LogP contribution in [-0.2, 0) is 4.74 Å². The molecule has 2 fully saturated rings. The van der Waals surface area contributed by atoms with Gasteiger partial charge in [0.05, 0.1) is 24.5 Å². The monoisotopic (exact) mass is 481 g/mol. The van der Waals surface area contributed by atoms with Crippen LogP contribution >= 0.6 is 0 Å². The second-order valence-electron chi connectivity index (χ2n) is 9.27. The first kappa shape index (κ1) is 22.5. The number of hydrogen-bond acceptors (Lipinski definition) is 8. The summed E-state index contributed by atoms with van der Waals surface area (Å²) < 4.78 is 11.6. The first-order chi connectivity index (χ1) is 17.7. The minimum atomic E-state index is 0.100. The van der Waals surface area contributed by atoms with Gasteiger partial charge in [-0.3, -0.25) is 0 Å². The predicted octanol–water partition coefficient (Wildman–Crippen LogP) is 3.48. The zero-order chi connectivity index (χ0) is 24.5. The number of morpholine rings is 1. The first-order valence-electron chi connectivity index (χ1n) is 12.2. The number of rotatable bonds is 5. The van der Waals surface area contributed by atoms with Crippen molar-refractivity contribution >= 4 is 16.9 Å². The number of fused-ring (bicyclic) bond motifs is 1. The third-order valence-electron chi connectivity index (χ3n) is 6.82. The molecule has 36 heavy (non-hydrogen) atoms. The Morgan fingerprint density at radius 2 is 1.86 bits per heavy atom. The number of benzene rings is 2. The Labute approximate surface area is 209 Å². The van der Waals surface area contributed by atoms with E-state index in [1.807, 2.05) is 18.2 Å². The minimum absolute atomic E-state index is 0.100. The van der Waals surface area contributed by atoms with Crippen molar-refractivity contribution in [2.24, 2.45) is 0 Å². The molecule has 0 radical (unpaired) electrons. The van der Waals surface area contributed by atoms with Crippen molar-refractivity contribution in [1.82, 2.24) is 24.8 Å². The van der Waals surface area contributed by atoms with Gasteiger partial charge in [0.2, 0.25) is 0 Å². The van der Waals surface area contributed by atoms with Gasteiger partial charge in [0.1, 0.15) is 35.6 Å². The molecule has 0 saturated carbocycles. The largest absolute Gasteiger partial charge is 0.488 e. The van der Waals surface area contributed by atoms with E-state index in [0.29, 0.717) is 22.7 Å². The molecule has 0 spiro atoms. The maximum atomic E-state index is 9.79. The average molecular weight is 482 g/mol. The molecule has 2 aromatic carbocycles. The average Bonchev–Trinajstić information content (AvgIpc) is 3.55. The molecular formula is C27H27N7O2. The zero-order valence-corrected chi connectivity index (χ0v) is 20.1.